The molecule has 0 aliphatic carbocycles. The van der Waals surface area contributed by atoms with Crippen LogP contribution in [0.1, 0.15) is 31.7 Å². The van der Waals surface area contributed by atoms with Gasteiger partial charge in [-0.2, -0.15) is 0 Å². The second-order valence-corrected chi connectivity index (χ2v) is 8.88. The molecule has 3 heterocycles. The fraction of sp³-hybridized carbons (Fsp3) is 0.647. The molecule has 132 valence electrons. The highest BCUT2D eigenvalue weighted by atomic mass is 32.2. The number of unbranched alkanes of at least 4 members (excludes halogenated alkanes) is 1. The number of hydrogen-bond donors (Lipinski definition) is 0. The zero-order valence-corrected chi connectivity index (χ0v) is 14.9. The second-order valence-electron chi connectivity index (χ2n) is 6.73. The first-order valence-electron chi connectivity index (χ1n) is 8.63. The summed E-state index contributed by atoms with van der Waals surface area (Å²) in [5.74, 6) is 0.357. The summed E-state index contributed by atoms with van der Waals surface area (Å²) < 4.78 is 24.4. The quantitative estimate of drug-likeness (QED) is 0.794. The standard InChI is InChI=1S/C17H25N3O3S/c1-2-3-4-17(21)20-10-9-19(11-14-5-7-18-8-6-14)15-12-24(22,23)13-16(15)20/h5-8,15-16H,2-4,9-13H2,1H3. The Morgan fingerprint density at radius 3 is 2.62 bits per heavy atom. The topological polar surface area (TPSA) is 70.6 Å². The molecule has 0 aromatic carbocycles. The van der Waals surface area contributed by atoms with E-state index in [2.05, 4.69) is 16.8 Å². The predicted molar refractivity (Wildman–Crippen MR) is 92.1 cm³/mol. The molecule has 2 aliphatic rings. The fourth-order valence-corrected chi connectivity index (χ4v) is 5.74. The monoisotopic (exact) mass is 351 g/mol. The fourth-order valence-electron chi connectivity index (χ4n) is 3.73. The van der Waals surface area contributed by atoms with Crippen molar-refractivity contribution in [1.82, 2.24) is 14.8 Å². The lowest BCUT2D eigenvalue weighted by atomic mass is 10.0. The molecule has 0 bridgehead atoms. The average Bonchev–Trinajstić information content (AvgIpc) is 2.89. The zero-order valence-electron chi connectivity index (χ0n) is 14.1. The molecule has 2 unspecified atom stereocenters. The van der Waals surface area contributed by atoms with Crippen molar-refractivity contribution in [3.8, 4) is 0 Å². The third-order valence-corrected chi connectivity index (χ3v) is 6.69. The van der Waals surface area contributed by atoms with Gasteiger partial charge in [0.05, 0.1) is 17.5 Å². The number of nitrogens with zero attached hydrogens (tertiary/aromatic N) is 3. The van der Waals surface area contributed by atoms with Crippen molar-refractivity contribution in [1.29, 1.82) is 0 Å². The minimum Gasteiger partial charge on any atom is -0.336 e. The summed E-state index contributed by atoms with van der Waals surface area (Å²) in [7, 11) is -3.09. The molecule has 1 aromatic heterocycles. The van der Waals surface area contributed by atoms with E-state index in [1.165, 1.54) is 0 Å². The minimum absolute atomic E-state index is 0.0949. The summed E-state index contributed by atoms with van der Waals surface area (Å²) in [4.78, 5) is 20.5. The predicted octanol–water partition coefficient (Wildman–Crippen LogP) is 1.08. The van der Waals surface area contributed by atoms with Crippen molar-refractivity contribution in [3.63, 3.8) is 0 Å². The van der Waals surface area contributed by atoms with Crippen molar-refractivity contribution in [2.75, 3.05) is 24.6 Å². The van der Waals surface area contributed by atoms with Gasteiger partial charge in [-0.05, 0) is 24.1 Å². The van der Waals surface area contributed by atoms with Gasteiger partial charge in [-0.15, -0.1) is 0 Å². The number of aromatic nitrogens is 1. The second kappa shape index (κ2) is 7.19. The molecular formula is C17H25N3O3S. The van der Waals surface area contributed by atoms with Crippen molar-refractivity contribution in [2.45, 2.75) is 44.8 Å². The number of pyridine rings is 1. The summed E-state index contributed by atoms with van der Waals surface area (Å²) in [6.07, 6.45) is 5.86. The van der Waals surface area contributed by atoms with Gasteiger partial charge in [0.2, 0.25) is 5.91 Å². The van der Waals surface area contributed by atoms with Gasteiger partial charge in [-0.1, -0.05) is 13.3 Å². The number of sulfone groups is 1. The maximum atomic E-state index is 12.5. The Hall–Kier alpha value is -1.47. The van der Waals surface area contributed by atoms with Crippen LogP contribution in [0.4, 0.5) is 0 Å². The van der Waals surface area contributed by atoms with E-state index in [1.54, 1.807) is 12.4 Å². The lowest BCUT2D eigenvalue weighted by Crippen LogP contribution is -2.60. The number of rotatable bonds is 5. The first-order valence-corrected chi connectivity index (χ1v) is 10.4. The molecule has 0 saturated carbocycles. The van der Waals surface area contributed by atoms with Crippen LogP contribution < -0.4 is 0 Å². The average molecular weight is 351 g/mol. The van der Waals surface area contributed by atoms with Gasteiger partial charge >= 0.3 is 0 Å². The molecule has 2 fully saturated rings. The number of hydrogen-bond acceptors (Lipinski definition) is 5. The highest BCUT2D eigenvalue weighted by molar-refractivity contribution is 7.91. The summed E-state index contributed by atoms with van der Waals surface area (Å²) in [5.41, 5.74) is 1.12. The summed E-state index contributed by atoms with van der Waals surface area (Å²) in [6, 6.07) is 3.62. The van der Waals surface area contributed by atoms with E-state index < -0.39 is 9.84 Å². The third-order valence-electron chi connectivity index (χ3n) is 4.99. The van der Waals surface area contributed by atoms with Crippen molar-refractivity contribution in [2.24, 2.45) is 0 Å². The molecule has 0 spiro atoms. The molecule has 7 heteroatoms. The van der Waals surface area contributed by atoms with Gasteiger partial charge < -0.3 is 4.90 Å². The van der Waals surface area contributed by atoms with E-state index in [1.807, 2.05) is 17.0 Å². The Kier molecular flexibility index (Phi) is 5.20. The molecule has 24 heavy (non-hydrogen) atoms. The number of piperazine rings is 1. The van der Waals surface area contributed by atoms with Crippen LogP contribution >= 0.6 is 0 Å². The molecular weight excluding hydrogens is 326 g/mol. The van der Waals surface area contributed by atoms with Crippen LogP contribution in [0.2, 0.25) is 0 Å². The Morgan fingerprint density at radius 1 is 1.21 bits per heavy atom. The smallest absolute Gasteiger partial charge is 0.222 e. The van der Waals surface area contributed by atoms with Crippen molar-refractivity contribution >= 4 is 15.7 Å². The lowest BCUT2D eigenvalue weighted by Gasteiger charge is -2.44. The molecule has 1 amide bonds. The first kappa shape index (κ1) is 17.4. The van der Waals surface area contributed by atoms with E-state index in [4.69, 9.17) is 0 Å². The molecule has 2 saturated heterocycles. The van der Waals surface area contributed by atoms with Crippen LogP contribution in [-0.4, -0.2) is 65.8 Å². The molecule has 0 N–H and O–H groups in total. The van der Waals surface area contributed by atoms with E-state index in [0.717, 1.165) is 24.9 Å². The SMILES string of the molecule is CCCCC(=O)N1CCN(Cc2ccncc2)C2CS(=O)(=O)CC21. The minimum atomic E-state index is -3.09. The summed E-state index contributed by atoms with van der Waals surface area (Å²) in [5, 5.41) is 0. The zero-order chi connectivity index (χ0) is 17.2. The largest absolute Gasteiger partial charge is 0.336 e. The molecule has 3 rings (SSSR count). The van der Waals surface area contributed by atoms with E-state index >= 15 is 0 Å². The molecule has 0 radical (unpaired) electrons. The van der Waals surface area contributed by atoms with Crippen LogP contribution in [0, 0.1) is 0 Å². The van der Waals surface area contributed by atoms with Crippen LogP contribution in [0.5, 0.6) is 0 Å². The van der Waals surface area contributed by atoms with Crippen molar-refractivity contribution in [3.05, 3.63) is 30.1 Å². The molecule has 6 nitrogen and oxygen atoms in total. The van der Waals surface area contributed by atoms with Gasteiger partial charge in [-0.3, -0.25) is 14.7 Å². The highest BCUT2D eigenvalue weighted by Gasteiger charge is 2.47. The summed E-state index contributed by atoms with van der Waals surface area (Å²) in [6.45, 7) is 4.10. The molecule has 1 aromatic rings. The number of amides is 1. The Morgan fingerprint density at radius 2 is 1.92 bits per heavy atom. The van der Waals surface area contributed by atoms with E-state index in [0.29, 0.717) is 19.5 Å². The van der Waals surface area contributed by atoms with Crippen LogP contribution in [0.15, 0.2) is 24.5 Å². The molecule has 2 aliphatic heterocycles. The number of carbonyl (C=O) groups excluding carboxylic acids is 1. The first-order chi connectivity index (χ1) is 11.5. The summed E-state index contributed by atoms with van der Waals surface area (Å²) >= 11 is 0. The van der Waals surface area contributed by atoms with Gasteiger partial charge in [0.15, 0.2) is 9.84 Å². The van der Waals surface area contributed by atoms with Crippen LogP contribution in [0.25, 0.3) is 0 Å². The third kappa shape index (κ3) is 3.78. The normalized spacial score (nSPS) is 26.3. The van der Waals surface area contributed by atoms with Gasteiger partial charge in [0, 0.05) is 44.5 Å². The Labute approximate surface area is 143 Å². The molecule has 2 atom stereocenters. The Balaban J connectivity index is 1.76. The lowest BCUT2D eigenvalue weighted by molar-refractivity contribution is -0.137. The van der Waals surface area contributed by atoms with Crippen LogP contribution in [0.3, 0.4) is 0 Å². The highest BCUT2D eigenvalue weighted by Crippen LogP contribution is 2.28. The maximum Gasteiger partial charge on any atom is 0.222 e. The Bertz CT molecular complexity index is 678. The van der Waals surface area contributed by atoms with Gasteiger partial charge in [-0.25, -0.2) is 8.42 Å². The van der Waals surface area contributed by atoms with Crippen LogP contribution in [-0.2, 0) is 21.2 Å². The number of fused-ring (bicyclic) bond motifs is 1. The van der Waals surface area contributed by atoms with Crippen molar-refractivity contribution < 1.29 is 13.2 Å². The van der Waals surface area contributed by atoms with Gasteiger partial charge in [0.25, 0.3) is 0 Å². The van der Waals surface area contributed by atoms with E-state index in [-0.39, 0.29) is 29.5 Å². The van der Waals surface area contributed by atoms with Gasteiger partial charge in [0.1, 0.15) is 0 Å². The number of carbonyl (C=O) groups is 1. The van der Waals surface area contributed by atoms with E-state index in [9.17, 15) is 13.2 Å². The maximum absolute atomic E-state index is 12.5.